The number of amides is 1. The van der Waals surface area contributed by atoms with Crippen LogP contribution in [-0.4, -0.2) is 79.1 Å². The fourth-order valence-electron chi connectivity index (χ4n) is 5.60. The van der Waals surface area contributed by atoms with Crippen molar-refractivity contribution in [3.63, 3.8) is 0 Å². The number of piperazine rings is 1. The van der Waals surface area contributed by atoms with Gasteiger partial charge in [-0.2, -0.15) is 0 Å². The van der Waals surface area contributed by atoms with Gasteiger partial charge in [0.2, 0.25) is 0 Å². The van der Waals surface area contributed by atoms with E-state index in [2.05, 4.69) is 37.1 Å². The molecule has 4 aliphatic heterocycles. The number of pyridine rings is 1. The van der Waals surface area contributed by atoms with E-state index in [0.717, 1.165) is 55.9 Å². The van der Waals surface area contributed by atoms with E-state index in [0.29, 0.717) is 6.04 Å². The molecule has 5 heterocycles. The number of carbonyl (C=O) groups is 1. The predicted octanol–water partition coefficient (Wildman–Crippen LogP) is 2.34. The van der Waals surface area contributed by atoms with Crippen LogP contribution in [0.25, 0.3) is 0 Å². The van der Waals surface area contributed by atoms with Gasteiger partial charge in [0.15, 0.2) is 0 Å². The lowest BCUT2D eigenvalue weighted by atomic mass is 9.75. The van der Waals surface area contributed by atoms with Crippen molar-refractivity contribution in [3.8, 4) is 0 Å². The van der Waals surface area contributed by atoms with Crippen LogP contribution in [0.2, 0.25) is 0 Å². The number of carbonyl (C=O) groups excluding carboxylic acids is 1. The summed E-state index contributed by atoms with van der Waals surface area (Å²) in [5, 5.41) is 3.17. The molecule has 0 spiro atoms. The van der Waals surface area contributed by atoms with E-state index in [4.69, 9.17) is 0 Å². The van der Waals surface area contributed by atoms with Crippen LogP contribution in [0.3, 0.4) is 0 Å². The summed E-state index contributed by atoms with van der Waals surface area (Å²) < 4.78 is 0. The minimum absolute atomic E-state index is 0.0468. The van der Waals surface area contributed by atoms with Gasteiger partial charge in [0.1, 0.15) is 5.82 Å². The summed E-state index contributed by atoms with van der Waals surface area (Å²) in [5.41, 5.74) is 0.751. The van der Waals surface area contributed by atoms with Crippen molar-refractivity contribution < 1.29 is 4.79 Å². The van der Waals surface area contributed by atoms with Crippen molar-refractivity contribution in [2.75, 3.05) is 57.3 Å². The predicted molar refractivity (Wildman–Crippen MR) is 123 cm³/mol. The monoisotopic (exact) mass is 419 g/mol. The highest BCUT2D eigenvalue weighted by atomic mass is 16.1. The molecular weight excluding hydrogens is 386 g/mol. The van der Waals surface area contributed by atoms with Crippen LogP contribution in [0, 0.1) is 11.8 Å². The molecule has 4 saturated heterocycles. The Kier molecular flexibility index (Phi) is 6.18. The summed E-state index contributed by atoms with van der Waals surface area (Å²) in [5.74, 6) is 2.70. The Morgan fingerprint density at radius 2 is 1.81 bits per heavy atom. The van der Waals surface area contributed by atoms with Gasteiger partial charge in [-0.15, -0.1) is 0 Å². The third-order valence-corrected chi connectivity index (χ3v) is 7.39. The number of piperidine rings is 3. The zero-order valence-corrected chi connectivity index (χ0v) is 18.2. The number of benzene rings is 1. The second-order valence-corrected chi connectivity index (χ2v) is 9.24. The second-order valence-electron chi connectivity index (χ2n) is 9.24. The second kappa shape index (κ2) is 9.37. The van der Waals surface area contributed by atoms with Gasteiger partial charge >= 0.3 is 0 Å². The van der Waals surface area contributed by atoms with Crippen molar-refractivity contribution in [1.82, 2.24) is 20.1 Å². The topological polar surface area (TPSA) is 51.7 Å². The fraction of sp³-hybridized carbons (Fsp3) is 0.520. The van der Waals surface area contributed by atoms with Crippen molar-refractivity contribution >= 4 is 11.7 Å². The molecular formula is C25H33N5O. The number of hydrogen-bond donors (Lipinski definition) is 1. The molecule has 6 nitrogen and oxygen atoms in total. The van der Waals surface area contributed by atoms with Gasteiger partial charge < -0.3 is 10.2 Å². The number of rotatable bonds is 6. The minimum atomic E-state index is 0.0468. The van der Waals surface area contributed by atoms with E-state index >= 15 is 0 Å². The standard InChI is InChI=1S/C25H33N5O/c31-25(20-6-2-1-3-7-20)27-17-23-16-21-9-11-30(23)19-22(21)18-28-12-14-29(15-13-28)24-8-4-5-10-26-24/h1-8,10,21-23H,9,11-19H2,(H,27,31)/t21-,22-,23+/m0/s1. The first-order chi connectivity index (χ1) is 15.3. The minimum Gasteiger partial charge on any atom is -0.354 e. The maximum Gasteiger partial charge on any atom is 0.251 e. The average molecular weight is 420 g/mol. The molecule has 0 radical (unpaired) electrons. The van der Waals surface area contributed by atoms with Gasteiger partial charge in [-0.1, -0.05) is 24.3 Å². The van der Waals surface area contributed by atoms with Crippen LogP contribution in [0.1, 0.15) is 23.2 Å². The molecule has 31 heavy (non-hydrogen) atoms. The van der Waals surface area contributed by atoms with Gasteiger partial charge in [0.05, 0.1) is 0 Å². The number of nitrogens with zero attached hydrogens (tertiary/aromatic N) is 4. The highest BCUT2D eigenvalue weighted by Gasteiger charge is 2.40. The molecule has 1 unspecified atom stereocenters. The number of fused-ring (bicyclic) bond motifs is 3. The van der Waals surface area contributed by atoms with Gasteiger partial charge in [-0.05, 0) is 55.5 Å². The van der Waals surface area contributed by atoms with E-state index in [9.17, 15) is 4.79 Å². The summed E-state index contributed by atoms with van der Waals surface area (Å²) in [4.78, 5) is 24.6. The molecule has 4 aliphatic rings. The van der Waals surface area contributed by atoms with E-state index in [1.54, 1.807) is 0 Å². The fourth-order valence-corrected chi connectivity index (χ4v) is 5.60. The number of aromatic nitrogens is 1. The zero-order valence-electron chi connectivity index (χ0n) is 18.2. The number of nitrogens with one attached hydrogen (secondary N) is 1. The van der Waals surface area contributed by atoms with Crippen LogP contribution in [0.4, 0.5) is 5.82 Å². The number of hydrogen-bond acceptors (Lipinski definition) is 5. The summed E-state index contributed by atoms with van der Waals surface area (Å²) in [7, 11) is 0. The third kappa shape index (κ3) is 4.75. The maximum atomic E-state index is 12.4. The zero-order chi connectivity index (χ0) is 21.0. The Balaban J connectivity index is 1.09. The molecule has 1 aromatic heterocycles. The van der Waals surface area contributed by atoms with Crippen molar-refractivity contribution in [1.29, 1.82) is 0 Å². The molecule has 164 valence electrons. The largest absolute Gasteiger partial charge is 0.354 e. The van der Waals surface area contributed by atoms with Crippen molar-refractivity contribution in [2.24, 2.45) is 11.8 Å². The van der Waals surface area contributed by atoms with E-state index in [-0.39, 0.29) is 5.91 Å². The molecule has 6 heteroatoms. The molecule has 2 bridgehead atoms. The van der Waals surface area contributed by atoms with Crippen LogP contribution in [-0.2, 0) is 0 Å². The average Bonchev–Trinajstić information content (AvgIpc) is 2.85. The van der Waals surface area contributed by atoms with E-state index in [1.165, 1.54) is 32.5 Å². The Hall–Kier alpha value is -2.44. The SMILES string of the molecule is O=C(NC[C@H]1C[C@@H]2CCN1C[C@@H]2CN1CCN(c2ccccn2)CC1)c1ccccc1. The molecule has 4 fully saturated rings. The molecule has 0 saturated carbocycles. The Morgan fingerprint density at radius 1 is 1.00 bits per heavy atom. The van der Waals surface area contributed by atoms with Gasteiger partial charge in [0.25, 0.3) is 5.91 Å². The lowest BCUT2D eigenvalue weighted by Crippen LogP contribution is -2.59. The molecule has 1 N–H and O–H groups in total. The quantitative estimate of drug-likeness (QED) is 0.779. The smallest absolute Gasteiger partial charge is 0.251 e. The van der Waals surface area contributed by atoms with Gasteiger partial charge in [-0.25, -0.2) is 4.98 Å². The summed E-state index contributed by atoms with van der Waals surface area (Å²) >= 11 is 0. The lowest BCUT2D eigenvalue weighted by Gasteiger charge is -2.51. The van der Waals surface area contributed by atoms with Crippen LogP contribution in [0.5, 0.6) is 0 Å². The Labute approximate surface area is 185 Å². The Bertz CT molecular complexity index is 853. The molecule has 6 rings (SSSR count). The third-order valence-electron chi connectivity index (χ3n) is 7.39. The van der Waals surface area contributed by atoms with Gasteiger partial charge in [0, 0.05) is 63.6 Å². The highest BCUT2D eigenvalue weighted by Crippen LogP contribution is 2.36. The Morgan fingerprint density at radius 3 is 2.52 bits per heavy atom. The molecule has 1 amide bonds. The van der Waals surface area contributed by atoms with Crippen molar-refractivity contribution in [3.05, 3.63) is 60.3 Å². The maximum absolute atomic E-state index is 12.4. The summed E-state index contributed by atoms with van der Waals surface area (Å²) in [6, 6.07) is 16.2. The molecule has 1 aromatic carbocycles. The summed E-state index contributed by atoms with van der Waals surface area (Å²) in [6.45, 7) is 8.70. The van der Waals surface area contributed by atoms with E-state index < -0.39 is 0 Å². The molecule has 2 aromatic rings. The van der Waals surface area contributed by atoms with Crippen molar-refractivity contribution in [2.45, 2.75) is 18.9 Å². The molecule has 0 aliphatic carbocycles. The first kappa shape index (κ1) is 20.5. The highest BCUT2D eigenvalue weighted by molar-refractivity contribution is 5.94. The van der Waals surface area contributed by atoms with Crippen LogP contribution < -0.4 is 10.2 Å². The van der Waals surface area contributed by atoms with E-state index in [1.807, 2.05) is 42.6 Å². The lowest BCUT2D eigenvalue weighted by molar-refractivity contribution is -0.0120. The van der Waals surface area contributed by atoms with Crippen LogP contribution in [0.15, 0.2) is 54.7 Å². The van der Waals surface area contributed by atoms with Gasteiger partial charge in [-0.3, -0.25) is 14.6 Å². The molecule has 4 atom stereocenters. The first-order valence-electron chi connectivity index (χ1n) is 11.7. The normalized spacial score (nSPS) is 28.5. The first-order valence-corrected chi connectivity index (χ1v) is 11.7. The van der Waals surface area contributed by atoms with Crippen LogP contribution >= 0.6 is 0 Å². The number of anilines is 1. The summed E-state index contributed by atoms with van der Waals surface area (Å²) in [6.07, 6.45) is 4.41.